The molecule has 25 heavy (non-hydrogen) atoms. The lowest BCUT2D eigenvalue weighted by atomic mass is 10.1. The van der Waals surface area contributed by atoms with Crippen molar-refractivity contribution in [2.45, 2.75) is 19.9 Å². The highest BCUT2D eigenvalue weighted by Crippen LogP contribution is 2.23. The van der Waals surface area contributed by atoms with Crippen molar-refractivity contribution in [2.24, 2.45) is 0 Å². The fourth-order valence-corrected chi connectivity index (χ4v) is 2.62. The number of rotatable bonds is 5. The SMILES string of the molecule is Cc1cc(Nc2ccc(F)c(Cl)c2)nc(NC(C)c2ccccc2)n1. The Morgan fingerprint density at radius 3 is 2.52 bits per heavy atom. The highest BCUT2D eigenvalue weighted by Gasteiger charge is 2.09. The lowest BCUT2D eigenvalue weighted by molar-refractivity contribution is 0.628. The Balaban J connectivity index is 1.79. The van der Waals surface area contributed by atoms with E-state index in [2.05, 4.69) is 20.6 Å². The van der Waals surface area contributed by atoms with Crippen LogP contribution in [-0.2, 0) is 0 Å². The van der Waals surface area contributed by atoms with E-state index < -0.39 is 5.82 Å². The van der Waals surface area contributed by atoms with Crippen LogP contribution in [0.3, 0.4) is 0 Å². The fraction of sp³-hybridized carbons (Fsp3) is 0.158. The van der Waals surface area contributed by atoms with Gasteiger partial charge >= 0.3 is 0 Å². The highest BCUT2D eigenvalue weighted by molar-refractivity contribution is 6.31. The van der Waals surface area contributed by atoms with Gasteiger partial charge in [-0.3, -0.25) is 0 Å². The van der Waals surface area contributed by atoms with Gasteiger partial charge < -0.3 is 10.6 Å². The molecule has 1 heterocycles. The molecule has 3 rings (SSSR count). The van der Waals surface area contributed by atoms with Gasteiger partial charge in [-0.05, 0) is 37.6 Å². The summed E-state index contributed by atoms with van der Waals surface area (Å²) in [6, 6.07) is 16.4. The first kappa shape index (κ1) is 17.2. The third-order valence-corrected chi connectivity index (χ3v) is 3.98. The van der Waals surface area contributed by atoms with Crippen molar-refractivity contribution in [1.82, 2.24) is 9.97 Å². The van der Waals surface area contributed by atoms with E-state index in [0.717, 1.165) is 11.3 Å². The number of hydrogen-bond donors (Lipinski definition) is 2. The smallest absolute Gasteiger partial charge is 0.225 e. The van der Waals surface area contributed by atoms with Crippen LogP contribution >= 0.6 is 11.6 Å². The second kappa shape index (κ2) is 7.49. The number of aromatic nitrogens is 2. The van der Waals surface area contributed by atoms with E-state index in [1.165, 1.54) is 12.1 Å². The molecule has 0 radical (unpaired) electrons. The predicted molar refractivity (Wildman–Crippen MR) is 99.9 cm³/mol. The van der Waals surface area contributed by atoms with Gasteiger partial charge in [0.05, 0.1) is 11.1 Å². The van der Waals surface area contributed by atoms with E-state index in [0.29, 0.717) is 17.5 Å². The average Bonchev–Trinajstić information content (AvgIpc) is 2.58. The van der Waals surface area contributed by atoms with E-state index in [1.54, 1.807) is 6.07 Å². The van der Waals surface area contributed by atoms with Gasteiger partial charge in [0.15, 0.2) is 0 Å². The molecular weight excluding hydrogens is 339 g/mol. The Hall–Kier alpha value is -2.66. The van der Waals surface area contributed by atoms with Crippen LogP contribution in [0.25, 0.3) is 0 Å². The molecule has 128 valence electrons. The van der Waals surface area contributed by atoms with Crippen molar-refractivity contribution in [2.75, 3.05) is 10.6 Å². The Morgan fingerprint density at radius 1 is 1.04 bits per heavy atom. The summed E-state index contributed by atoms with van der Waals surface area (Å²) in [5, 5.41) is 6.48. The van der Waals surface area contributed by atoms with Crippen molar-refractivity contribution >= 4 is 29.1 Å². The van der Waals surface area contributed by atoms with Gasteiger partial charge in [0.25, 0.3) is 0 Å². The van der Waals surface area contributed by atoms with Crippen molar-refractivity contribution in [3.8, 4) is 0 Å². The third kappa shape index (κ3) is 4.45. The number of nitrogens with zero attached hydrogens (tertiary/aromatic N) is 2. The molecule has 0 spiro atoms. The standard InChI is InChI=1S/C19H18ClFN4/c1-12-10-18(24-15-8-9-17(21)16(20)11-15)25-19(22-12)23-13(2)14-6-4-3-5-7-14/h3-11,13H,1-2H3,(H2,22,23,24,25). The molecule has 0 aliphatic heterocycles. The maximum absolute atomic E-state index is 13.3. The Morgan fingerprint density at radius 2 is 1.80 bits per heavy atom. The minimum Gasteiger partial charge on any atom is -0.348 e. The topological polar surface area (TPSA) is 49.8 Å². The van der Waals surface area contributed by atoms with Crippen LogP contribution in [0.5, 0.6) is 0 Å². The number of anilines is 3. The van der Waals surface area contributed by atoms with Crippen LogP contribution in [-0.4, -0.2) is 9.97 Å². The molecule has 0 saturated heterocycles. The molecule has 0 fully saturated rings. The molecule has 3 aromatic rings. The number of nitrogens with one attached hydrogen (secondary N) is 2. The van der Waals surface area contributed by atoms with Gasteiger partial charge in [-0.15, -0.1) is 0 Å². The quantitative estimate of drug-likeness (QED) is 0.634. The lowest BCUT2D eigenvalue weighted by Crippen LogP contribution is -2.10. The van der Waals surface area contributed by atoms with Crippen LogP contribution in [0.15, 0.2) is 54.6 Å². The summed E-state index contributed by atoms with van der Waals surface area (Å²) < 4.78 is 13.3. The van der Waals surface area contributed by atoms with Gasteiger partial charge in [-0.1, -0.05) is 41.9 Å². The second-order valence-corrected chi connectivity index (χ2v) is 6.16. The summed E-state index contributed by atoms with van der Waals surface area (Å²) in [6.45, 7) is 3.94. The Labute approximate surface area is 151 Å². The summed E-state index contributed by atoms with van der Waals surface area (Å²) in [5.41, 5.74) is 2.62. The molecule has 6 heteroatoms. The lowest BCUT2D eigenvalue weighted by Gasteiger charge is -2.15. The summed E-state index contributed by atoms with van der Waals surface area (Å²) in [5.74, 6) is 0.676. The zero-order chi connectivity index (χ0) is 17.8. The van der Waals surface area contributed by atoms with Crippen LogP contribution in [0.2, 0.25) is 5.02 Å². The zero-order valence-electron chi connectivity index (χ0n) is 13.9. The molecule has 1 unspecified atom stereocenters. The van der Waals surface area contributed by atoms with Gasteiger partial charge in [0.2, 0.25) is 5.95 Å². The van der Waals surface area contributed by atoms with Crippen LogP contribution in [0.1, 0.15) is 24.2 Å². The number of aryl methyl sites for hydroxylation is 1. The normalized spacial score (nSPS) is 11.8. The van der Waals surface area contributed by atoms with E-state index in [-0.39, 0.29) is 11.1 Å². The average molecular weight is 357 g/mol. The minimum atomic E-state index is -0.454. The van der Waals surface area contributed by atoms with Gasteiger partial charge in [-0.25, -0.2) is 9.37 Å². The first-order chi connectivity index (χ1) is 12.0. The Kier molecular flexibility index (Phi) is 5.14. The van der Waals surface area contributed by atoms with Crippen LogP contribution < -0.4 is 10.6 Å². The molecule has 2 N–H and O–H groups in total. The molecule has 4 nitrogen and oxygen atoms in total. The summed E-state index contributed by atoms with van der Waals surface area (Å²) in [4.78, 5) is 8.90. The van der Waals surface area contributed by atoms with E-state index in [9.17, 15) is 4.39 Å². The summed E-state index contributed by atoms with van der Waals surface area (Å²) >= 11 is 5.82. The maximum atomic E-state index is 13.3. The zero-order valence-corrected chi connectivity index (χ0v) is 14.7. The molecule has 1 atom stereocenters. The fourth-order valence-electron chi connectivity index (χ4n) is 2.44. The summed E-state index contributed by atoms with van der Waals surface area (Å²) in [7, 11) is 0. The highest BCUT2D eigenvalue weighted by atomic mass is 35.5. The first-order valence-electron chi connectivity index (χ1n) is 7.90. The number of hydrogen-bond acceptors (Lipinski definition) is 4. The van der Waals surface area contributed by atoms with Crippen LogP contribution in [0.4, 0.5) is 21.8 Å². The first-order valence-corrected chi connectivity index (χ1v) is 8.28. The second-order valence-electron chi connectivity index (χ2n) is 5.75. The molecule has 0 saturated carbocycles. The Bertz CT molecular complexity index is 871. The van der Waals surface area contributed by atoms with Crippen molar-refractivity contribution in [3.63, 3.8) is 0 Å². The van der Waals surface area contributed by atoms with E-state index in [4.69, 9.17) is 11.6 Å². The molecule has 0 aliphatic carbocycles. The van der Waals surface area contributed by atoms with Gasteiger partial charge in [0, 0.05) is 17.4 Å². The molecule has 0 bridgehead atoms. The molecule has 0 amide bonds. The maximum Gasteiger partial charge on any atom is 0.225 e. The van der Waals surface area contributed by atoms with E-state index in [1.807, 2.05) is 50.2 Å². The molecule has 0 aliphatic rings. The van der Waals surface area contributed by atoms with Crippen molar-refractivity contribution < 1.29 is 4.39 Å². The monoisotopic (exact) mass is 356 g/mol. The molecule has 2 aromatic carbocycles. The molecular formula is C19H18ClFN4. The van der Waals surface area contributed by atoms with Crippen LogP contribution in [0, 0.1) is 12.7 Å². The van der Waals surface area contributed by atoms with Crippen molar-refractivity contribution in [3.05, 3.63) is 76.7 Å². The van der Waals surface area contributed by atoms with E-state index >= 15 is 0 Å². The van der Waals surface area contributed by atoms with Gasteiger partial charge in [0.1, 0.15) is 11.6 Å². The number of benzene rings is 2. The minimum absolute atomic E-state index is 0.0619. The number of halogens is 2. The van der Waals surface area contributed by atoms with Crippen molar-refractivity contribution in [1.29, 1.82) is 0 Å². The third-order valence-electron chi connectivity index (χ3n) is 3.69. The predicted octanol–water partition coefficient (Wildman–Crippen LogP) is 5.49. The molecule has 1 aromatic heterocycles. The summed E-state index contributed by atoms with van der Waals surface area (Å²) in [6.07, 6.45) is 0. The van der Waals surface area contributed by atoms with Gasteiger partial charge in [-0.2, -0.15) is 4.98 Å². The largest absolute Gasteiger partial charge is 0.348 e.